The number of ether oxygens (including phenoxy) is 1. The van der Waals surface area contributed by atoms with E-state index in [1.54, 1.807) is 6.20 Å². The molecular weight excluding hydrogens is 302 g/mol. The largest absolute Gasteiger partial charge is 0.491 e. The van der Waals surface area contributed by atoms with Gasteiger partial charge in [-0.05, 0) is 30.2 Å². The highest BCUT2D eigenvalue weighted by Gasteiger charge is 2.12. The molecule has 5 nitrogen and oxygen atoms in total. The minimum atomic E-state index is -0.452. The van der Waals surface area contributed by atoms with Gasteiger partial charge in [-0.2, -0.15) is 4.91 Å². The molecule has 0 aliphatic rings. The van der Waals surface area contributed by atoms with Crippen molar-refractivity contribution in [3.63, 3.8) is 0 Å². The molecule has 5 heteroatoms. The van der Waals surface area contributed by atoms with Crippen molar-refractivity contribution in [3.8, 4) is 16.9 Å². The summed E-state index contributed by atoms with van der Waals surface area (Å²) in [6.07, 6.45) is 3.54. The molecule has 24 heavy (non-hydrogen) atoms. The van der Waals surface area contributed by atoms with Crippen molar-refractivity contribution in [2.75, 3.05) is 6.61 Å². The molecule has 3 aromatic rings. The van der Waals surface area contributed by atoms with E-state index in [4.69, 9.17) is 4.74 Å². The second-order valence-corrected chi connectivity index (χ2v) is 5.59. The zero-order valence-electron chi connectivity index (χ0n) is 13.5. The minimum absolute atomic E-state index is 0.242. The van der Waals surface area contributed by atoms with Gasteiger partial charge in [-0.1, -0.05) is 47.6 Å². The fourth-order valence-electron chi connectivity index (χ4n) is 2.51. The van der Waals surface area contributed by atoms with Crippen LogP contribution >= 0.6 is 0 Å². The molecule has 1 atom stereocenters. The molecule has 0 bridgehead atoms. The van der Waals surface area contributed by atoms with E-state index < -0.39 is 6.04 Å². The zero-order valence-corrected chi connectivity index (χ0v) is 13.5. The van der Waals surface area contributed by atoms with Crippen LogP contribution in [0.15, 0.2) is 72.2 Å². The van der Waals surface area contributed by atoms with Gasteiger partial charge in [0.2, 0.25) is 0 Å². The Kier molecular flexibility index (Phi) is 5.01. The van der Waals surface area contributed by atoms with Crippen LogP contribution in [-0.2, 0) is 6.54 Å². The summed E-state index contributed by atoms with van der Waals surface area (Å²) < 4.78 is 7.61. The number of nitroso groups, excluding NO2 is 1. The molecule has 1 heterocycles. The number of rotatable bonds is 7. The van der Waals surface area contributed by atoms with Gasteiger partial charge in [0, 0.05) is 12.4 Å². The topological polar surface area (TPSA) is 56.5 Å². The second kappa shape index (κ2) is 7.55. The van der Waals surface area contributed by atoms with Crippen LogP contribution in [0.2, 0.25) is 0 Å². The molecule has 1 unspecified atom stereocenters. The summed E-state index contributed by atoms with van der Waals surface area (Å²) in [5.41, 5.74) is 2.29. The summed E-state index contributed by atoms with van der Waals surface area (Å²) >= 11 is 0. The predicted octanol–water partition coefficient (Wildman–Crippen LogP) is 4.07. The lowest BCUT2D eigenvalue weighted by Crippen LogP contribution is -2.22. The fourth-order valence-corrected chi connectivity index (χ4v) is 2.51. The molecule has 0 aliphatic heterocycles. The SMILES string of the molecule is Cc1nccn1CC(COc1ccc(-c2ccccc2)cc1)N=O. The fraction of sp³-hybridized carbons (Fsp3) is 0.211. The van der Waals surface area contributed by atoms with E-state index >= 15 is 0 Å². The Hall–Kier alpha value is -2.95. The summed E-state index contributed by atoms with van der Waals surface area (Å²) in [5.74, 6) is 1.58. The van der Waals surface area contributed by atoms with Crippen LogP contribution in [0.4, 0.5) is 0 Å². The molecule has 2 aromatic carbocycles. The van der Waals surface area contributed by atoms with Gasteiger partial charge in [-0.3, -0.25) is 0 Å². The van der Waals surface area contributed by atoms with Crippen molar-refractivity contribution < 1.29 is 4.74 Å². The number of aromatic nitrogens is 2. The Balaban J connectivity index is 1.59. The molecule has 0 saturated carbocycles. The first-order valence-electron chi connectivity index (χ1n) is 7.85. The van der Waals surface area contributed by atoms with Crippen LogP contribution in [0, 0.1) is 11.8 Å². The molecule has 3 rings (SSSR count). The van der Waals surface area contributed by atoms with Gasteiger partial charge in [-0.15, -0.1) is 0 Å². The summed E-state index contributed by atoms with van der Waals surface area (Å²) in [6.45, 7) is 2.61. The lowest BCUT2D eigenvalue weighted by molar-refractivity contribution is 0.275. The third kappa shape index (κ3) is 3.87. The smallest absolute Gasteiger partial charge is 0.144 e. The molecule has 0 spiro atoms. The zero-order chi connectivity index (χ0) is 16.8. The van der Waals surface area contributed by atoms with Crippen molar-refractivity contribution in [1.29, 1.82) is 0 Å². The lowest BCUT2D eigenvalue weighted by atomic mass is 10.1. The van der Waals surface area contributed by atoms with Crippen LogP contribution in [0.5, 0.6) is 5.75 Å². The van der Waals surface area contributed by atoms with Crippen molar-refractivity contribution in [2.24, 2.45) is 5.18 Å². The third-order valence-corrected chi connectivity index (χ3v) is 3.88. The first-order chi connectivity index (χ1) is 11.8. The molecule has 1 aromatic heterocycles. The summed E-state index contributed by atoms with van der Waals surface area (Å²) in [4.78, 5) is 15.2. The quantitative estimate of drug-likeness (QED) is 0.616. The van der Waals surface area contributed by atoms with Crippen LogP contribution in [0.1, 0.15) is 5.82 Å². The van der Waals surface area contributed by atoms with Crippen LogP contribution in [-0.4, -0.2) is 22.2 Å². The Morgan fingerprint density at radius 3 is 2.42 bits per heavy atom. The van der Waals surface area contributed by atoms with E-state index in [9.17, 15) is 4.91 Å². The number of imidazole rings is 1. The van der Waals surface area contributed by atoms with E-state index in [1.165, 1.54) is 0 Å². The molecule has 0 fully saturated rings. The molecular formula is C19H19N3O2. The van der Waals surface area contributed by atoms with Crippen LogP contribution in [0.3, 0.4) is 0 Å². The normalized spacial score (nSPS) is 11.9. The van der Waals surface area contributed by atoms with Crippen molar-refractivity contribution >= 4 is 0 Å². The monoisotopic (exact) mass is 321 g/mol. The van der Waals surface area contributed by atoms with E-state index in [1.807, 2.05) is 60.2 Å². The Morgan fingerprint density at radius 1 is 1.08 bits per heavy atom. The van der Waals surface area contributed by atoms with Crippen molar-refractivity contribution in [3.05, 3.63) is 77.7 Å². The summed E-state index contributed by atoms with van der Waals surface area (Å²) in [5, 5.41) is 3.16. The number of hydrogen-bond donors (Lipinski definition) is 0. The maximum absolute atomic E-state index is 11.0. The number of benzene rings is 2. The average Bonchev–Trinajstić information content (AvgIpc) is 3.04. The average molecular weight is 321 g/mol. The van der Waals surface area contributed by atoms with E-state index in [2.05, 4.69) is 22.3 Å². The van der Waals surface area contributed by atoms with E-state index in [0.717, 1.165) is 22.7 Å². The molecule has 0 aliphatic carbocycles. The van der Waals surface area contributed by atoms with Gasteiger partial charge >= 0.3 is 0 Å². The molecule has 122 valence electrons. The maximum Gasteiger partial charge on any atom is 0.144 e. The van der Waals surface area contributed by atoms with Gasteiger partial charge in [-0.25, -0.2) is 4.98 Å². The number of hydrogen-bond acceptors (Lipinski definition) is 4. The first kappa shape index (κ1) is 15.9. The van der Waals surface area contributed by atoms with E-state index in [0.29, 0.717) is 6.54 Å². The highest BCUT2D eigenvalue weighted by Crippen LogP contribution is 2.22. The Labute approximate surface area is 140 Å². The predicted molar refractivity (Wildman–Crippen MR) is 93.9 cm³/mol. The summed E-state index contributed by atoms with van der Waals surface area (Å²) in [6, 6.07) is 17.5. The van der Waals surface area contributed by atoms with Gasteiger partial charge in [0.1, 0.15) is 24.2 Å². The van der Waals surface area contributed by atoms with Gasteiger partial charge in [0.05, 0.1) is 6.54 Å². The highest BCUT2D eigenvalue weighted by atomic mass is 16.5. The maximum atomic E-state index is 11.0. The highest BCUT2D eigenvalue weighted by molar-refractivity contribution is 5.63. The standard InChI is InChI=1S/C19H19N3O2/c1-15-20-11-12-22(15)13-18(21-23)14-24-19-9-7-17(8-10-19)16-5-3-2-4-6-16/h2-12,18H,13-14H2,1H3. The van der Waals surface area contributed by atoms with Gasteiger partial charge < -0.3 is 9.30 Å². The van der Waals surface area contributed by atoms with Crippen LogP contribution < -0.4 is 4.74 Å². The van der Waals surface area contributed by atoms with Crippen molar-refractivity contribution in [2.45, 2.75) is 19.5 Å². The molecule has 0 amide bonds. The van der Waals surface area contributed by atoms with E-state index in [-0.39, 0.29) is 6.61 Å². The van der Waals surface area contributed by atoms with Gasteiger partial charge in [0.15, 0.2) is 0 Å². The van der Waals surface area contributed by atoms with Gasteiger partial charge in [0.25, 0.3) is 0 Å². The first-order valence-corrected chi connectivity index (χ1v) is 7.85. The molecule has 0 saturated heterocycles. The van der Waals surface area contributed by atoms with Crippen LogP contribution in [0.25, 0.3) is 11.1 Å². The molecule has 0 N–H and O–H groups in total. The minimum Gasteiger partial charge on any atom is -0.491 e. The Bertz CT molecular complexity index is 782. The number of aryl methyl sites for hydroxylation is 1. The molecule has 0 radical (unpaired) electrons. The third-order valence-electron chi connectivity index (χ3n) is 3.88. The summed E-state index contributed by atoms with van der Waals surface area (Å²) in [7, 11) is 0. The number of nitrogens with zero attached hydrogens (tertiary/aromatic N) is 3. The van der Waals surface area contributed by atoms with Crippen molar-refractivity contribution in [1.82, 2.24) is 9.55 Å². The Morgan fingerprint density at radius 2 is 1.79 bits per heavy atom. The second-order valence-electron chi connectivity index (χ2n) is 5.59. The lowest BCUT2D eigenvalue weighted by Gasteiger charge is -2.13.